The summed E-state index contributed by atoms with van der Waals surface area (Å²) in [5.41, 5.74) is 4.79. The van der Waals surface area contributed by atoms with E-state index in [1.165, 1.54) is 9.75 Å². The van der Waals surface area contributed by atoms with Gasteiger partial charge in [-0.05, 0) is 32.9 Å². The van der Waals surface area contributed by atoms with Gasteiger partial charge in [0, 0.05) is 22.7 Å². The number of hydrazine groups is 1. The highest BCUT2D eigenvalue weighted by atomic mass is 35.5. The van der Waals surface area contributed by atoms with Crippen molar-refractivity contribution in [3.05, 3.63) is 38.3 Å². The molecule has 6 heteroatoms. The number of hydrogen-bond donors (Lipinski definition) is 2. The Morgan fingerprint density at radius 2 is 2.21 bits per heavy atom. The van der Waals surface area contributed by atoms with Crippen LogP contribution in [0.3, 0.4) is 0 Å². The van der Waals surface area contributed by atoms with E-state index in [2.05, 4.69) is 36.5 Å². The molecule has 0 saturated carbocycles. The highest BCUT2D eigenvalue weighted by Gasteiger charge is 2.19. The Bertz CT molecular complexity index is 561. The van der Waals surface area contributed by atoms with Gasteiger partial charge in [0.05, 0.1) is 22.5 Å². The van der Waals surface area contributed by atoms with Gasteiger partial charge in [0.25, 0.3) is 0 Å². The summed E-state index contributed by atoms with van der Waals surface area (Å²) >= 11 is 8.09. The molecule has 0 fully saturated rings. The maximum absolute atomic E-state index is 6.34. The summed E-state index contributed by atoms with van der Waals surface area (Å²) < 4.78 is 1.95. The molecule has 19 heavy (non-hydrogen) atoms. The van der Waals surface area contributed by atoms with Crippen molar-refractivity contribution in [3.8, 4) is 0 Å². The first kappa shape index (κ1) is 14.5. The fourth-order valence-electron chi connectivity index (χ4n) is 2.14. The van der Waals surface area contributed by atoms with Crippen LogP contribution in [0.5, 0.6) is 0 Å². The molecule has 0 bridgehead atoms. The predicted molar refractivity (Wildman–Crippen MR) is 80.5 cm³/mol. The fraction of sp³-hybridized carbons (Fsp3) is 0.462. The number of hydrogen-bond acceptors (Lipinski definition) is 4. The van der Waals surface area contributed by atoms with Crippen molar-refractivity contribution in [1.29, 1.82) is 0 Å². The van der Waals surface area contributed by atoms with Crippen molar-refractivity contribution < 1.29 is 0 Å². The summed E-state index contributed by atoms with van der Waals surface area (Å²) in [5.74, 6) is 5.69. The van der Waals surface area contributed by atoms with Gasteiger partial charge in [0.2, 0.25) is 0 Å². The van der Waals surface area contributed by atoms with Crippen LogP contribution in [0.1, 0.15) is 34.1 Å². The minimum atomic E-state index is 0.0672. The molecule has 1 atom stereocenters. The molecule has 0 aliphatic heterocycles. The van der Waals surface area contributed by atoms with Crippen LogP contribution in [0, 0.1) is 13.8 Å². The lowest BCUT2D eigenvalue weighted by Crippen LogP contribution is -2.29. The molecule has 0 aliphatic rings. The molecule has 0 saturated heterocycles. The van der Waals surface area contributed by atoms with E-state index in [1.54, 1.807) is 11.3 Å². The lowest BCUT2D eigenvalue weighted by atomic mass is 10.1. The van der Waals surface area contributed by atoms with Crippen LogP contribution < -0.4 is 11.3 Å². The lowest BCUT2D eigenvalue weighted by molar-refractivity contribution is 0.523. The van der Waals surface area contributed by atoms with Crippen molar-refractivity contribution in [2.75, 3.05) is 0 Å². The van der Waals surface area contributed by atoms with E-state index in [1.807, 2.05) is 11.6 Å². The minimum Gasteiger partial charge on any atom is -0.271 e. The topological polar surface area (TPSA) is 55.9 Å². The highest BCUT2D eigenvalue weighted by molar-refractivity contribution is 7.12. The number of aryl methyl sites for hydroxylation is 3. The second-order valence-corrected chi connectivity index (χ2v) is 6.23. The molecule has 2 rings (SSSR count). The van der Waals surface area contributed by atoms with E-state index < -0.39 is 0 Å². The second kappa shape index (κ2) is 6.05. The average molecular weight is 299 g/mol. The first-order chi connectivity index (χ1) is 9.06. The Labute approximate surface area is 122 Å². The number of nitrogens with one attached hydrogen (secondary N) is 1. The maximum Gasteiger partial charge on any atom is 0.0847 e. The molecule has 2 aromatic heterocycles. The third kappa shape index (κ3) is 3.00. The summed E-state index contributed by atoms with van der Waals surface area (Å²) in [6, 6.07) is 4.28. The number of halogens is 1. The lowest BCUT2D eigenvalue weighted by Gasteiger charge is -2.15. The average Bonchev–Trinajstić information content (AvgIpc) is 2.93. The number of nitrogens with zero attached hydrogens (tertiary/aromatic N) is 2. The van der Waals surface area contributed by atoms with Gasteiger partial charge >= 0.3 is 0 Å². The molecule has 0 spiro atoms. The third-order valence-corrected chi connectivity index (χ3v) is 4.76. The van der Waals surface area contributed by atoms with Crippen LogP contribution in [-0.4, -0.2) is 9.78 Å². The summed E-state index contributed by atoms with van der Waals surface area (Å²) in [5, 5.41) is 5.18. The van der Waals surface area contributed by atoms with Crippen LogP contribution in [0.25, 0.3) is 0 Å². The molecule has 104 valence electrons. The van der Waals surface area contributed by atoms with E-state index in [-0.39, 0.29) is 6.04 Å². The molecule has 2 heterocycles. The standard InChI is InChI=1S/C13H19ClN4S/c1-4-18-11(13(14)9(3)17-18)7-10(16-15)12-6-5-8(2)19-12/h5-6,10,16H,4,7,15H2,1-3H3. The molecule has 0 aliphatic carbocycles. The SMILES string of the molecule is CCn1nc(C)c(Cl)c1CC(NN)c1ccc(C)s1. The smallest absolute Gasteiger partial charge is 0.0847 e. The van der Waals surface area contributed by atoms with Gasteiger partial charge in [-0.1, -0.05) is 11.6 Å². The van der Waals surface area contributed by atoms with Crippen molar-refractivity contribution in [1.82, 2.24) is 15.2 Å². The van der Waals surface area contributed by atoms with Crippen LogP contribution in [-0.2, 0) is 13.0 Å². The summed E-state index contributed by atoms with van der Waals surface area (Å²) in [6.07, 6.45) is 0.740. The third-order valence-electron chi connectivity index (χ3n) is 3.16. The van der Waals surface area contributed by atoms with Crippen molar-refractivity contribution >= 4 is 22.9 Å². The molecule has 3 N–H and O–H groups in total. The predicted octanol–water partition coefficient (Wildman–Crippen LogP) is 2.98. The van der Waals surface area contributed by atoms with Gasteiger partial charge < -0.3 is 0 Å². The summed E-state index contributed by atoms with van der Waals surface area (Å²) in [7, 11) is 0. The Kier molecular flexibility index (Phi) is 4.62. The molecule has 4 nitrogen and oxygen atoms in total. The molecule has 1 unspecified atom stereocenters. The first-order valence-corrected chi connectivity index (χ1v) is 7.50. The number of aromatic nitrogens is 2. The minimum absolute atomic E-state index is 0.0672. The second-order valence-electron chi connectivity index (χ2n) is 4.53. The van der Waals surface area contributed by atoms with Crippen LogP contribution >= 0.6 is 22.9 Å². The summed E-state index contributed by atoms with van der Waals surface area (Å²) in [6.45, 7) is 6.89. The molecule has 0 aromatic carbocycles. The van der Waals surface area contributed by atoms with Crippen LogP contribution in [0.15, 0.2) is 12.1 Å². The van der Waals surface area contributed by atoms with Crippen LogP contribution in [0.2, 0.25) is 5.02 Å². The fourth-order valence-corrected chi connectivity index (χ4v) is 3.29. The normalized spacial score (nSPS) is 12.9. The van der Waals surface area contributed by atoms with Gasteiger partial charge in [0.1, 0.15) is 0 Å². The Morgan fingerprint density at radius 1 is 1.47 bits per heavy atom. The van der Waals surface area contributed by atoms with E-state index in [0.717, 1.165) is 29.4 Å². The maximum atomic E-state index is 6.34. The zero-order valence-corrected chi connectivity index (χ0v) is 13.0. The molecular weight excluding hydrogens is 280 g/mol. The van der Waals surface area contributed by atoms with E-state index >= 15 is 0 Å². The Balaban J connectivity index is 2.28. The van der Waals surface area contributed by atoms with Crippen molar-refractivity contribution in [2.45, 2.75) is 39.8 Å². The largest absolute Gasteiger partial charge is 0.271 e. The summed E-state index contributed by atoms with van der Waals surface area (Å²) in [4.78, 5) is 2.50. The number of rotatable bonds is 5. The van der Waals surface area contributed by atoms with Crippen LogP contribution in [0.4, 0.5) is 0 Å². The quantitative estimate of drug-likeness (QED) is 0.659. The number of nitrogens with two attached hydrogens (primary N) is 1. The van der Waals surface area contributed by atoms with Gasteiger partial charge in [0.15, 0.2) is 0 Å². The van der Waals surface area contributed by atoms with Gasteiger partial charge in [-0.3, -0.25) is 16.0 Å². The molecule has 0 amide bonds. The van der Waals surface area contributed by atoms with Gasteiger partial charge in [-0.15, -0.1) is 11.3 Å². The van der Waals surface area contributed by atoms with E-state index in [0.29, 0.717) is 0 Å². The van der Waals surface area contributed by atoms with Gasteiger partial charge in [-0.25, -0.2) is 0 Å². The first-order valence-electron chi connectivity index (χ1n) is 6.31. The van der Waals surface area contributed by atoms with Crippen molar-refractivity contribution in [3.63, 3.8) is 0 Å². The van der Waals surface area contributed by atoms with E-state index in [9.17, 15) is 0 Å². The Morgan fingerprint density at radius 3 is 2.74 bits per heavy atom. The zero-order chi connectivity index (χ0) is 14.0. The van der Waals surface area contributed by atoms with E-state index in [4.69, 9.17) is 17.4 Å². The Hall–Kier alpha value is -0.880. The molecular formula is C13H19ClN4S. The zero-order valence-electron chi connectivity index (χ0n) is 11.4. The van der Waals surface area contributed by atoms with Crippen molar-refractivity contribution in [2.24, 2.45) is 5.84 Å². The number of thiophene rings is 1. The monoisotopic (exact) mass is 298 g/mol. The highest BCUT2D eigenvalue weighted by Crippen LogP contribution is 2.29. The molecule has 2 aromatic rings. The van der Waals surface area contributed by atoms with Gasteiger partial charge in [-0.2, -0.15) is 5.10 Å². The molecule has 0 radical (unpaired) electrons.